The molecule has 27 heavy (non-hydrogen) atoms. The van der Waals surface area contributed by atoms with Crippen LogP contribution in [0.3, 0.4) is 0 Å². The summed E-state index contributed by atoms with van der Waals surface area (Å²) in [5.41, 5.74) is 0.326. The molecule has 1 N–H and O–H groups in total. The van der Waals surface area contributed by atoms with E-state index in [4.69, 9.17) is 4.74 Å². The van der Waals surface area contributed by atoms with Crippen LogP contribution in [0.4, 0.5) is 5.95 Å². The summed E-state index contributed by atoms with van der Waals surface area (Å²) in [6, 6.07) is 0. The van der Waals surface area contributed by atoms with Crippen molar-refractivity contribution in [2.45, 2.75) is 77.7 Å². The van der Waals surface area contributed by atoms with Gasteiger partial charge in [0.05, 0.1) is 6.61 Å². The number of hydrogen-bond acceptors (Lipinski definition) is 5. The number of hydrogen-bond donors (Lipinski definition) is 1. The van der Waals surface area contributed by atoms with Gasteiger partial charge in [-0.15, -0.1) is 10.2 Å². The summed E-state index contributed by atoms with van der Waals surface area (Å²) in [5.74, 6) is 3.02. The maximum atomic E-state index is 9.43. The van der Waals surface area contributed by atoms with E-state index >= 15 is 0 Å². The lowest BCUT2D eigenvalue weighted by Gasteiger charge is -2.33. The Labute approximate surface area is 164 Å². The molecule has 1 aliphatic carbocycles. The van der Waals surface area contributed by atoms with Crippen LogP contribution in [0.15, 0.2) is 0 Å². The summed E-state index contributed by atoms with van der Waals surface area (Å²) < 4.78 is 7.99. The molecule has 1 aliphatic heterocycles. The van der Waals surface area contributed by atoms with E-state index in [1.807, 2.05) is 7.11 Å². The van der Waals surface area contributed by atoms with Crippen molar-refractivity contribution < 1.29 is 9.84 Å². The SMILES string of the molecule is CCC(C)c1nnc(N2CCC(CO)CC2)n1CCC1(COC)CCCC1. The minimum Gasteiger partial charge on any atom is -0.396 e. The van der Waals surface area contributed by atoms with Gasteiger partial charge in [-0.25, -0.2) is 0 Å². The van der Waals surface area contributed by atoms with Crippen LogP contribution in [0, 0.1) is 11.3 Å². The Balaban J connectivity index is 1.78. The normalized spacial score (nSPS) is 21.7. The molecule has 0 radical (unpaired) electrons. The highest BCUT2D eigenvalue weighted by atomic mass is 16.5. The first-order valence-corrected chi connectivity index (χ1v) is 10.9. The van der Waals surface area contributed by atoms with Gasteiger partial charge in [0.25, 0.3) is 0 Å². The highest BCUT2D eigenvalue weighted by molar-refractivity contribution is 5.32. The van der Waals surface area contributed by atoms with E-state index in [0.717, 1.165) is 63.7 Å². The first-order valence-electron chi connectivity index (χ1n) is 10.9. The van der Waals surface area contributed by atoms with Gasteiger partial charge in [0.2, 0.25) is 5.95 Å². The lowest BCUT2D eigenvalue weighted by Crippen LogP contribution is -2.37. The zero-order valence-electron chi connectivity index (χ0n) is 17.5. The minimum absolute atomic E-state index is 0.304. The second-order valence-corrected chi connectivity index (χ2v) is 8.82. The van der Waals surface area contributed by atoms with Crippen LogP contribution in [0.5, 0.6) is 0 Å². The number of nitrogens with zero attached hydrogens (tertiary/aromatic N) is 4. The Morgan fingerprint density at radius 2 is 1.93 bits per heavy atom. The maximum Gasteiger partial charge on any atom is 0.227 e. The molecule has 2 aliphatic rings. The molecule has 2 fully saturated rings. The van der Waals surface area contributed by atoms with Crippen molar-refractivity contribution in [3.63, 3.8) is 0 Å². The van der Waals surface area contributed by atoms with Crippen molar-refractivity contribution >= 4 is 5.95 Å². The second-order valence-electron chi connectivity index (χ2n) is 8.82. The molecule has 0 amide bonds. The summed E-state index contributed by atoms with van der Waals surface area (Å²) in [5, 5.41) is 18.7. The Bertz CT molecular complexity index is 575. The van der Waals surface area contributed by atoms with Crippen molar-refractivity contribution in [2.24, 2.45) is 11.3 Å². The predicted octanol–water partition coefficient (Wildman–Crippen LogP) is 3.60. The number of rotatable bonds is 9. The number of methoxy groups -OCH3 is 1. The molecule has 1 aromatic heterocycles. The fourth-order valence-corrected chi connectivity index (χ4v) is 4.86. The lowest BCUT2D eigenvalue weighted by molar-refractivity contribution is 0.0729. The molecule has 1 atom stereocenters. The number of aliphatic hydroxyl groups excluding tert-OH is 1. The molecule has 6 nitrogen and oxygen atoms in total. The molecular formula is C21H38N4O2. The number of anilines is 1. The fourth-order valence-electron chi connectivity index (χ4n) is 4.86. The van der Waals surface area contributed by atoms with Crippen LogP contribution in [0.2, 0.25) is 0 Å². The predicted molar refractivity (Wildman–Crippen MR) is 108 cm³/mol. The molecular weight excluding hydrogens is 340 g/mol. The smallest absolute Gasteiger partial charge is 0.227 e. The third-order valence-electron chi connectivity index (χ3n) is 6.95. The van der Waals surface area contributed by atoms with Gasteiger partial charge in [-0.1, -0.05) is 26.7 Å². The summed E-state index contributed by atoms with van der Waals surface area (Å²) in [4.78, 5) is 2.38. The largest absolute Gasteiger partial charge is 0.396 e. The molecule has 0 aromatic carbocycles. The number of aliphatic hydroxyl groups is 1. The summed E-state index contributed by atoms with van der Waals surface area (Å²) in [6.07, 6.45) is 9.50. The molecule has 1 saturated carbocycles. The van der Waals surface area contributed by atoms with Gasteiger partial charge in [0.15, 0.2) is 0 Å². The van der Waals surface area contributed by atoms with Crippen LogP contribution < -0.4 is 4.90 Å². The molecule has 6 heteroatoms. The zero-order valence-corrected chi connectivity index (χ0v) is 17.5. The van der Waals surface area contributed by atoms with E-state index in [9.17, 15) is 5.11 Å². The van der Waals surface area contributed by atoms with Crippen LogP contribution in [0.1, 0.15) is 77.0 Å². The van der Waals surface area contributed by atoms with Crippen molar-refractivity contribution in [1.82, 2.24) is 14.8 Å². The van der Waals surface area contributed by atoms with Crippen molar-refractivity contribution in [3.05, 3.63) is 5.82 Å². The molecule has 0 spiro atoms. The van der Waals surface area contributed by atoms with E-state index in [0.29, 0.717) is 23.9 Å². The summed E-state index contributed by atoms with van der Waals surface area (Å²) in [6.45, 7) is 8.55. The third kappa shape index (κ3) is 4.65. The standard InChI is InChI=1S/C21H38N4O2/c1-4-17(2)19-22-23-20(24-12-7-18(15-26)8-13-24)25(19)14-11-21(16-27-3)9-5-6-10-21/h17-18,26H,4-16H2,1-3H3. The highest BCUT2D eigenvalue weighted by Crippen LogP contribution is 2.42. The van der Waals surface area contributed by atoms with Crippen molar-refractivity contribution in [2.75, 3.05) is 38.3 Å². The fraction of sp³-hybridized carbons (Fsp3) is 0.905. The number of piperidine rings is 1. The van der Waals surface area contributed by atoms with E-state index in [1.165, 1.54) is 25.7 Å². The van der Waals surface area contributed by atoms with Gasteiger partial charge >= 0.3 is 0 Å². The average Bonchev–Trinajstić information content (AvgIpc) is 3.33. The first-order chi connectivity index (χ1) is 13.1. The Hall–Kier alpha value is -1.14. The third-order valence-corrected chi connectivity index (χ3v) is 6.95. The zero-order chi connectivity index (χ0) is 19.3. The Morgan fingerprint density at radius 3 is 2.52 bits per heavy atom. The average molecular weight is 379 g/mol. The van der Waals surface area contributed by atoms with E-state index in [1.54, 1.807) is 0 Å². The van der Waals surface area contributed by atoms with Gasteiger partial charge in [0.1, 0.15) is 5.82 Å². The highest BCUT2D eigenvalue weighted by Gasteiger charge is 2.34. The van der Waals surface area contributed by atoms with Gasteiger partial charge in [-0.2, -0.15) is 0 Å². The van der Waals surface area contributed by atoms with E-state index < -0.39 is 0 Å². The molecule has 1 unspecified atom stereocenters. The first kappa shape index (κ1) is 20.6. The van der Waals surface area contributed by atoms with Crippen LogP contribution in [-0.2, 0) is 11.3 Å². The molecule has 2 heterocycles. The lowest BCUT2D eigenvalue weighted by atomic mass is 9.83. The second kappa shape index (κ2) is 9.37. The summed E-state index contributed by atoms with van der Waals surface area (Å²) in [7, 11) is 1.83. The van der Waals surface area contributed by atoms with Crippen LogP contribution in [0.25, 0.3) is 0 Å². The van der Waals surface area contributed by atoms with Gasteiger partial charge in [-0.05, 0) is 49.9 Å². The quantitative estimate of drug-likeness (QED) is 0.711. The van der Waals surface area contributed by atoms with E-state index in [2.05, 4.69) is 33.5 Å². The van der Waals surface area contributed by atoms with Gasteiger partial charge in [0, 0.05) is 39.3 Å². The van der Waals surface area contributed by atoms with Crippen molar-refractivity contribution in [3.8, 4) is 0 Å². The maximum absolute atomic E-state index is 9.43. The molecule has 0 bridgehead atoms. The topological polar surface area (TPSA) is 63.4 Å². The van der Waals surface area contributed by atoms with Gasteiger partial charge < -0.3 is 14.7 Å². The molecule has 1 saturated heterocycles. The number of ether oxygens (including phenoxy) is 1. The Morgan fingerprint density at radius 1 is 1.22 bits per heavy atom. The Kier molecular flexibility index (Phi) is 7.15. The molecule has 154 valence electrons. The van der Waals surface area contributed by atoms with Crippen molar-refractivity contribution in [1.29, 1.82) is 0 Å². The minimum atomic E-state index is 0.304. The monoisotopic (exact) mass is 378 g/mol. The molecule has 1 aromatic rings. The van der Waals surface area contributed by atoms with E-state index in [-0.39, 0.29) is 0 Å². The summed E-state index contributed by atoms with van der Waals surface area (Å²) >= 11 is 0. The van der Waals surface area contributed by atoms with Gasteiger partial charge in [-0.3, -0.25) is 4.57 Å². The number of aromatic nitrogens is 3. The van der Waals surface area contributed by atoms with Crippen LogP contribution >= 0.6 is 0 Å². The molecule has 3 rings (SSSR count). The van der Waals surface area contributed by atoms with Crippen LogP contribution in [-0.4, -0.2) is 53.3 Å².